The number of rotatable bonds is 1. The average Bonchev–Trinajstić information content (AvgIpc) is 2.19. The maximum absolute atomic E-state index is 11.9. The zero-order valence-corrected chi connectivity index (χ0v) is 9.59. The molecule has 0 aliphatic rings. The normalized spacial score (nSPS) is 10.5. The third-order valence-corrected chi connectivity index (χ3v) is 2.90. The molecule has 1 N–H and O–H groups in total. The lowest BCUT2D eigenvalue weighted by atomic mass is 10.1. The van der Waals surface area contributed by atoms with Gasteiger partial charge in [-0.15, -0.1) is 0 Å². The van der Waals surface area contributed by atoms with Crippen LogP contribution in [0.1, 0.15) is 17.3 Å². The molecule has 0 spiro atoms. The van der Waals surface area contributed by atoms with Crippen LogP contribution < -0.4 is 5.43 Å². The van der Waals surface area contributed by atoms with E-state index in [1.807, 2.05) is 6.07 Å². The second-order valence-corrected chi connectivity index (χ2v) is 4.10. The van der Waals surface area contributed by atoms with Gasteiger partial charge in [0, 0.05) is 16.1 Å². The number of ketones is 1. The van der Waals surface area contributed by atoms with Crippen LogP contribution in [-0.2, 0) is 0 Å². The number of pyridine rings is 1. The summed E-state index contributed by atoms with van der Waals surface area (Å²) in [7, 11) is 0. The van der Waals surface area contributed by atoms with Crippen molar-refractivity contribution in [1.29, 1.82) is 0 Å². The van der Waals surface area contributed by atoms with E-state index >= 15 is 0 Å². The number of para-hydroxylation sites is 1. The van der Waals surface area contributed by atoms with Crippen molar-refractivity contribution in [2.24, 2.45) is 0 Å². The van der Waals surface area contributed by atoms with Gasteiger partial charge in [-0.1, -0.05) is 6.07 Å². The Balaban J connectivity index is 2.92. The van der Waals surface area contributed by atoms with E-state index in [4.69, 9.17) is 0 Å². The molecule has 1 aromatic heterocycles. The summed E-state index contributed by atoms with van der Waals surface area (Å²) < 4.78 is 0.812. The van der Waals surface area contributed by atoms with Gasteiger partial charge in [0.05, 0.1) is 11.1 Å². The standard InChI is InChI=1S/C11H8BrNO2/c1-6(14)8-5-13-10-7(11(8)15)3-2-4-9(10)12/h2-5H,1H3,(H,13,15). The average molecular weight is 266 g/mol. The first kappa shape index (κ1) is 10.1. The minimum absolute atomic E-state index is 0.195. The molecule has 0 fully saturated rings. The van der Waals surface area contributed by atoms with Crippen LogP contribution in [0.5, 0.6) is 0 Å². The zero-order chi connectivity index (χ0) is 11.0. The van der Waals surface area contributed by atoms with E-state index in [9.17, 15) is 9.59 Å². The summed E-state index contributed by atoms with van der Waals surface area (Å²) in [5.41, 5.74) is 0.686. The molecule has 0 amide bonds. The summed E-state index contributed by atoms with van der Waals surface area (Å²) in [6.45, 7) is 1.38. The fourth-order valence-corrected chi connectivity index (χ4v) is 1.96. The molecule has 2 aromatic rings. The summed E-state index contributed by atoms with van der Waals surface area (Å²) in [6.07, 6.45) is 1.46. The molecule has 0 atom stereocenters. The van der Waals surface area contributed by atoms with Crippen LogP contribution in [0.15, 0.2) is 33.7 Å². The van der Waals surface area contributed by atoms with Gasteiger partial charge in [0.2, 0.25) is 0 Å². The van der Waals surface area contributed by atoms with Crippen LogP contribution in [0.25, 0.3) is 10.9 Å². The molecule has 0 radical (unpaired) electrons. The molecule has 0 saturated heterocycles. The molecule has 1 heterocycles. The molecular formula is C11H8BrNO2. The van der Waals surface area contributed by atoms with Crippen molar-refractivity contribution in [2.45, 2.75) is 6.92 Å². The summed E-state index contributed by atoms with van der Waals surface area (Å²) in [4.78, 5) is 26.0. The van der Waals surface area contributed by atoms with Gasteiger partial charge >= 0.3 is 0 Å². The molecule has 2 rings (SSSR count). The molecule has 15 heavy (non-hydrogen) atoms. The topological polar surface area (TPSA) is 49.9 Å². The molecule has 4 heteroatoms. The molecule has 1 aromatic carbocycles. The highest BCUT2D eigenvalue weighted by Gasteiger charge is 2.09. The predicted octanol–water partition coefficient (Wildman–Crippen LogP) is 2.49. The van der Waals surface area contributed by atoms with Crippen LogP contribution >= 0.6 is 15.9 Å². The van der Waals surface area contributed by atoms with Crippen molar-refractivity contribution in [3.05, 3.63) is 44.7 Å². The van der Waals surface area contributed by atoms with Crippen LogP contribution in [0.4, 0.5) is 0 Å². The maximum atomic E-state index is 11.9. The van der Waals surface area contributed by atoms with E-state index in [2.05, 4.69) is 20.9 Å². The fraction of sp³-hybridized carbons (Fsp3) is 0.0909. The second kappa shape index (κ2) is 3.62. The number of benzene rings is 1. The third-order valence-electron chi connectivity index (χ3n) is 2.24. The summed E-state index contributed by atoms with van der Waals surface area (Å²) in [5, 5.41) is 0.525. The van der Waals surface area contributed by atoms with Crippen LogP contribution in [0.2, 0.25) is 0 Å². The summed E-state index contributed by atoms with van der Waals surface area (Å²) in [6, 6.07) is 5.31. The highest BCUT2D eigenvalue weighted by Crippen LogP contribution is 2.19. The first-order valence-corrected chi connectivity index (χ1v) is 5.21. The van der Waals surface area contributed by atoms with Crippen molar-refractivity contribution in [3.63, 3.8) is 0 Å². The Morgan fingerprint density at radius 2 is 2.13 bits per heavy atom. The molecule has 0 aliphatic carbocycles. The van der Waals surface area contributed by atoms with Gasteiger partial charge in [-0.05, 0) is 35.0 Å². The van der Waals surface area contributed by atoms with Crippen LogP contribution in [0.3, 0.4) is 0 Å². The summed E-state index contributed by atoms with van der Waals surface area (Å²) in [5.74, 6) is -0.224. The number of carbonyl (C=O) groups is 1. The van der Waals surface area contributed by atoms with E-state index in [1.165, 1.54) is 13.1 Å². The Labute approximate surface area is 94.3 Å². The minimum Gasteiger partial charge on any atom is -0.359 e. The van der Waals surface area contributed by atoms with Crippen LogP contribution in [-0.4, -0.2) is 10.8 Å². The number of hydrogen-bond donors (Lipinski definition) is 1. The minimum atomic E-state index is -0.224. The molecule has 0 aliphatic heterocycles. The quantitative estimate of drug-likeness (QED) is 0.806. The largest absolute Gasteiger partial charge is 0.359 e. The number of aromatic nitrogens is 1. The van der Waals surface area contributed by atoms with Gasteiger partial charge in [-0.25, -0.2) is 0 Å². The van der Waals surface area contributed by atoms with E-state index in [0.717, 1.165) is 4.47 Å². The lowest BCUT2D eigenvalue weighted by molar-refractivity contribution is 0.101. The van der Waals surface area contributed by atoms with E-state index in [1.54, 1.807) is 12.1 Å². The lowest BCUT2D eigenvalue weighted by Gasteiger charge is -2.01. The molecular weight excluding hydrogens is 258 g/mol. The molecule has 76 valence electrons. The van der Waals surface area contributed by atoms with Crippen molar-refractivity contribution in [3.8, 4) is 0 Å². The fourth-order valence-electron chi connectivity index (χ4n) is 1.48. The number of fused-ring (bicyclic) bond motifs is 1. The summed E-state index contributed by atoms with van der Waals surface area (Å²) >= 11 is 3.34. The SMILES string of the molecule is CC(=O)c1c[nH]c2c(Br)cccc2c1=O. The van der Waals surface area contributed by atoms with Gasteiger partial charge < -0.3 is 4.98 Å². The molecule has 0 saturated carbocycles. The molecule has 0 unspecified atom stereocenters. The highest BCUT2D eigenvalue weighted by atomic mass is 79.9. The van der Waals surface area contributed by atoms with Gasteiger partial charge in [-0.2, -0.15) is 0 Å². The Bertz CT molecular complexity index is 601. The number of nitrogens with one attached hydrogen (secondary N) is 1. The van der Waals surface area contributed by atoms with Crippen LogP contribution in [0, 0.1) is 0 Å². The number of H-pyrrole nitrogens is 1. The van der Waals surface area contributed by atoms with Crippen molar-refractivity contribution >= 4 is 32.6 Å². The maximum Gasteiger partial charge on any atom is 0.200 e. The van der Waals surface area contributed by atoms with Gasteiger partial charge in [0.25, 0.3) is 0 Å². The predicted molar refractivity (Wildman–Crippen MR) is 62.3 cm³/mol. The van der Waals surface area contributed by atoms with E-state index in [-0.39, 0.29) is 16.8 Å². The monoisotopic (exact) mass is 265 g/mol. The smallest absolute Gasteiger partial charge is 0.200 e. The van der Waals surface area contributed by atoms with Gasteiger partial charge in [-0.3, -0.25) is 9.59 Å². The first-order chi connectivity index (χ1) is 7.11. The van der Waals surface area contributed by atoms with Gasteiger partial charge in [0.15, 0.2) is 11.2 Å². The number of carbonyl (C=O) groups excluding carboxylic acids is 1. The number of aromatic amines is 1. The van der Waals surface area contributed by atoms with E-state index in [0.29, 0.717) is 10.9 Å². The first-order valence-electron chi connectivity index (χ1n) is 4.42. The zero-order valence-electron chi connectivity index (χ0n) is 8.00. The van der Waals surface area contributed by atoms with Crippen molar-refractivity contribution in [2.75, 3.05) is 0 Å². The Kier molecular flexibility index (Phi) is 2.44. The number of halogens is 1. The molecule has 0 bridgehead atoms. The third kappa shape index (κ3) is 1.61. The number of Topliss-reactive ketones (excluding diaryl/α,β-unsaturated/α-hetero) is 1. The Morgan fingerprint density at radius 3 is 2.80 bits per heavy atom. The van der Waals surface area contributed by atoms with Gasteiger partial charge in [0.1, 0.15) is 0 Å². The Hall–Kier alpha value is -1.42. The second-order valence-electron chi connectivity index (χ2n) is 3.25. The van der Waals surface area contributed by atoms with Crippen molar-refractivity contribution < 1.29 is 4.79 Å². The van der Waals surface area contributed by atoms with Crippen molar-refractivity contribution in [1.82, 2.24) is 4.98 Å². The Morgan fingerprint density at radius 1 is 1.40 bits per heavy atom. The molecule has 3 nitrogen and oxygen atoms in total. The van der Waals surface area contributed by atoms with E-state index < -0.39 is 0 Å². The number of hydrogen-bond acceptors (Lipinski definition) is 2. The highest BCUT2D eigenvalue weighted by molar-refractivity contribution is 9.10. The lowest BCUT2D eigenvalue weighted by Crippen LogP contribution is -2.13.